The van der Waals surface area contributed by atoms with Gasteiger partial charge in [-0.25, -0.2) is 4.79 Å². The van der Waals surface area contributed by atoms with Crippen LogP contribution in [0.15, 0.2) is 12.2 Å². The van der Waals surface area contributed by atoms with E-state index in [1.54, 1.807) is 12.2 Å². The number of ether oxygens (including phenoxy) is 2. The Morgan fingerprint density at radius 3 is 2.50 bits per heavy atom. The molecule has 3 atom stereocenters. The third kappa shape index (κ3) is 2.11. The Kier molecular flexibility index (Phi) is 4.46. The summed E-state index contributed by atoms with van der Waals surface area (Å²) in [6, 6.07) is 0. The number of rotatable bonds is 4. The zero-order valence-electron chi connectivity index (χ0n) is 9.55. The molecule has 2 N–H and O–H groups in total. The molecule has 0 aromatic rings. The number of aliphatic hydroxyl groups excluding tert-OH is 2. The normalized spacial score (nSPS) is 33.8. The summed E-state index contributed by atoms with van der Waals surface area (Å²) in [5.74, 6) is -1.11. The number of aliphatic hydroxyl groups is 2. The second kappa shape index (κ2) is 5.43. The second-order valence-corrected chi connectivity index (χ2v) is 3.91. The lowest BCUT2D eigenvalue weighted by atomic mass is 9.75. The smallest absolute Gasteiger partial charge is 0.338 e. The number of carbonyl (C=O) groups excluding carboxylic acids is 1. The van der Waals surface area contributed by atoms with Crippen LogP contribution in [-0.4, -0.2) is 49.2 Å². The first-order valence-corrected chi connectivity index (χ1v) is 5.18. The molecule has 0 amide bonds. The van der Waals surface area contributed by atoms with E-state index >= 15 is 0 Å². The first-order valence-electron chi connectivity index (χ1n) is 5.18. The Bertz CT molecular complexity index is 276. The van der Waals surface area contributed by atoms with Crippen molar-refractivity contribution in [3.05, 3.63) is 12.2 Å². The van der Waals surface area contributed by atoms with E-state index in [9.17, 15) is 9.90 Å². The summed E-state index contributed by atoms with van der Waals surface area (Å²) in [6.45, 7) is -0.256. The lowest BCUT2D eigenvalue weighted by molar-refractivity contribution is -0.177. The van der Waals surface area contributed by atoms with Gasteiger partial charge < -0.3 is 19.7 Å². The molecule has 0 aromatic carbocycles. The van der Waals surface area contributed by atoms with E-state index in [2.05, 4.69) is 0 Å². The van der Waals surface area contributed by atoms with Gasteiger partial charge in [-0.15, -0.1) is 0 Å². The largest absolute Gasteiger partial charge is 0.467 e. The lowest BCUT2D eigenvalue weighted by Crippen LogP contribution is -2.52. The number of methoxy groups -OCH3 is 2. The van der Waals surface area contributed by atoms with Crippen molar-refractivity contribution >= 4 is 5.97 Å². The van der Waals surface area contributed by atoms with Crippen molar-refractivity contribution < 1.29 is 24.5 Å². The van der Waals surface area contributed by atoms with Gasteiger partial charge in [-0.2, -0.15) is 0 Å². The van der Waals surface area contributed by atoms with E-state index in [-0.39, 0.29) is 19.1 Å². The zero-order chi connectivity index (χ0) is 12.2. The van der Waals surface area contributed by atoms with Gasteiger partial charge in [0.25, 0.3) is 0 Å². The van der Waals surface area contributed by atoms with Crippen LogP contribution < -0.4 is 0 Å². The Labute approximate surface area is 94.7 Å². The highest BCUT2D eigenvalue weighted by atomic mass is 16.6. The first-order chi connectivity index (χ1) is 7.64. The maximum Gasteiger partial charge on any atom is 0.338 e. The summed E-state index contributed by atoms with van der Waals surface area (Å²) >= 11 is 0. The maximum absolute atomic E-state index is 11.8. The van der Waals surface area contributed by atoms with Gasteiger partial charge >= 0.3 is 5.97 Å². The van der Waals surface area contributed by atoms with Crippen molar-refractivity contribution in [1.29, 1.82) is 0 Å². The van der Waals surface area contributed by atoms with Crippen molar-refractivity contribution in [2.45, 2.75) is 12.0 Å². The number of hydrogen-bond donors (Lipinski definition) is 2. The molecule has 0 fully saturated rings. The highest BCUT2D eigenvalue weighted by molar-refractivity contribution is 5.80. The average molecular weight is 230 g/mol. The fourth-order valence-electron chi connectivity index (χ4n) is 2.11. The molecule has 0 aliphatic heterocycles. The number of carbonyl (C=O) groups is 1. The third-order valence-corrected chi connectivity index (χ3v) is 3.11. The quantitative estimate of drug-likeness (QED) is 0.513. The molecule has 0 unspecified atom stereocenters. The molecule has 5 heteroatoms. The van der Waals surface area contributed by atoms with E-state index in [0.717, 1.165) is 0 Å². The van der Waals surface area contributed by atoms with Crippen LogP contribution >= 0.6 is 0 Å². The highest BCUT2D eigenvalue weighted by Crippen LogP contribution is 2.36. The van der Waals surface area contributed by atoms with Crippen LogP contribution in [0.2, 0.25) is 0 Å². The van der Waals surface area contributed by atoms with Gasteiger partial charge in [0.05, 0.1) is 13.7 Å². The Balaban J connectivity index is 3.03. The summed E-state index contributed by atoms with van der Waals surface area (Å²) < 4.78 is 9.99. The van der Waals surface area contributed by atoms with Gasteiger partial charge in [0.2, 0.25) is 0 Å². The van der Waals surface area contributed by atoms with Gasteiger partial charge in [-0.05, 0) is 6.42 Å². The fraction of sp³-hybridized carbons (Fsp3) is 0.727. The highest BCUT2D eigenvalue weighted by Gasteiger charge is 2.49. The lowest BCUT2D eigenvalue weighted by Gasteiger charge is -2.39. The van der Waals surface area contributed by atoms with E-state index in [1.165, 1.54) is 14.2 Å². The molecule has 1 aliphatic carbocycles. The number of hydrogen-bond acceptors (Lipinski definition) is 5. The Hall–Kier alpha value is -0.910. The molecule has 1 aliphatic rings. The Morgan fingerprint density at radius 2 is 2.06 bits per heavy atom. The molecule has 0 saturated carbocycles. The van der Waals surface area contributed by atoms with Gasteiger partial charge in [0, 0.05) is 25.6 Å². The molecule has 0 aromatic heterocycles. The van der Waals surface area contributed by atoms with Crippen LogP contribution in [0.4, 0.5) is 0 Å². The minimum atomic E-state index is -1.19. The predicted molar refractivity (Wildman–Crippen MR) is 56.7 cm³/mol. The summed E-state index contributed by atoms with van der Waals surface area (Å²) in [7, 11) is 2.69. The topological polar surface area (TPSA) is 76.0 Å². The third-order valence-electron chi connectivity index (χ3n) is 3.11. The SMILES string of the molecule is COC(=O)[C@]1(OC)C[C@@H](CO)C=C[C@H]1CO. The van der Waals surface area contributed by atoms with E-state index in [4.69, 9.17) is 14.6 Å². The minimum absolute atomic E-state index is 0.0588. The molecule has 0 saturated heterocycles. The molecule has 92 valence electrons. The summed E-state index contributed by atoms with van der Waals surface area (Å²) in [6.07, 6.45) is 3.81. The maximum atomic E-state index is 11.8. The van der Waals surface area contributed by atoms with Gasteiger partial charge in [0.1, 0.15) is 0 Å². The van der Waals surface area contributed by atoms with Crippen LogP contribution in [0.5, 0.6) is 0 Å². The van der Waals surface area contributed by atoms with Crippen molar-refractivity contribution in [2.75, 3.05) is 27.4 Å². The standard InChI is InChI=1S/C11H18O5/c1-15-10(14)11(16-2)5-8(6-12)3-4-9(11)7-13/h3-4,8-9,12-13H,5-7H2,1-2H3/t8-,9-,11-/m0/s1. The van der Waals surface area contributed by atoms with Crippen LogP contribution in [0, 0.1) is 11.8 Å². The molecular weight excluding hydrogens is 212 g/mol. The fourth-order valence-corrected chi connectivity index (χ4v) is 2.11. The van der Waals surface area contributed by atoms with E-state index < -0.39 is 17.5 Å². The Morgan fingerprint density at radius 1 is 1.38 bits per heavy atom. The molecule has 0 heterocycles. The monoisotopic (exact) mass is 230 g/mol. The molecule has 5 nitrogen and oxygen atoms in total. The zero-order valence-corrected chi connectivity index (χ0v) is 9.55. The van der Waals surface area contributed by atoms with Crippen molar-refractivity contribution in [3.8, 4) is 0 Å². The summed E-state index contributed by atoms with van der Waals surface area (Å²) in [4.78, 5) is 11.8. The number of esters is 1. The summed E-state index contributed by atoms with van der Waals surface area (Å²) in [5, 5.41) is 18.4. The van der Waals surface area contributed by atoms with Gasteiger partial charge in [-0.1, -0.05) is 12.2 Å². The summed E-state index contributed by atoms with van der Waals surface area (Å²) in [5.41, 5.74) is -1.19. The average Bonchev–Trinajstić information content (AvgIpc) is 2.36. The first kappa shape index (κ1) is 13.2. The van der Waals surface area contributed by atoms with E-state index in [1.807, 2.05) is 0 Å². The van der Waals surface area contributed by atoms with Crippen molar-refractivity contribution in [3.63, 3.8) is 0 Å². The molecule has 0 radical (unpaired) electrons. The molecule has 16 heavy (non-hydrogen) atoms. The molecule has 1 rings (SSSR count). The van der Waals surface area contributed by atoms with E-state index in [0.29, 0.717) is 6.42 Å². The second-order valence-electron chi connectivity index (χ2n) is 3.91. The minimum Gasteiger partial charge on any atom is -0.467 e. The van der Waals surface area contributed by atoms with Crippen LogP contribution in [0.1, 0.15) is 6.42 Å². The van der Waals surface area contributed by atoms with Crippen molar-refractivity contribution in [1.82, 2.24) is 0 Å². The predicted octanol–water partition coefficient (Wildman–Crippen LogP) is -0.279. The van der Waals surface area contributed by atoms with Gasteiger partial charge in [0.15, 0.2) is 5.60 Å². The van der Waals surface area contributed by atoms with Crippen LogP contribution in [0.3, 0.4) is 0 Å². The van der Waals surface area contributed by atoms with Gasteiger partial charge in [-0.3, -0.25) is 0 Å². The molecular formula is C11H18O5. The molecule has 0 bridgehead atoms. The van der Waals surface area contributed by atoms with Crippen molar-refractivity contribution in [2.24, 2.45) is 11.8 Å². The van der Waals surface area contributed by atoms with Crippen LogP contribution in [-0.2, 0) is 14.3 Å². The van der Waals surface area contributed by atoms with Crippen LogP contribution in [0.25, 0.3) is 0 Å². The molecule has 0 spiro atoms.